The molecule has 46 heavy (non-hydrogen) atoms. The van der Waals surface area contributed by atoms with Gasteiger partial charge in [0.25, 0.3) is 0 Å². The Labute approximate surface area is 267 Å². The van der Waals surface area contributed by atoms with Crippen molar-refractivity contribution >= 4 is 43.1 Å². The summed E-state index contributed by atoms with van der Waals surface area (Å²) in [7, 11) is 0. The molecule has 1 heterocycles. The summed E-state index contributed by atoms with van der Waals surface area (Å²) in [5, 5.41) is 10.1. The fourth-order valence-electron chi connectivity index (χ4n) is 6.85. The van der Waals surface area contributed by atoms with Gasteiger partial charge in [-0.2, -0.15) is 0 Å². The molecule has 2 nitrogen and oxygen atoms in total. The first-order valence-corrected chi connectivity index (χ1v) is 15.6. The van der Waals surface area contributed by atoms with Crippen LogP contribution in [-0.2, 0) is 0 Å². The zero-order chi connectivity index (χ0) is 30.5. The predicted octanol–water partition coefficient (Wildman–Crippen LogP) is 11.8. The van der Waals surface area contributed by atoms with Crippen molar-refractivity contribution in [1.29, 1.82) is 0 Å². The minimum absolute atomic E-state index is 0.720. The summed E-state index contributed by atoms with van der Waals surface area (Å²) in [6, 6.07) is 56.5. The number of aromatic nitrogens is 2. The summed E-state index contributed by atoms with van der Waals surface area (Å²) in [5.74, 6) is 0.720. The van der Waals surface area contributed by atoms with Crippen LogP contribution in [-0.4, -0.2) is 9.97 Å². The van der Waals surface area contributed by atoms with Crippen LogP contribution in [0.1, 0.15) is 0 Å². The molecule has 2 heteroatoms. The van der Waals surface area contributed by atoms with E-state index in [1.807, 2.05) is 12.4 Å². The number of benzene rings is 8. The first kappa shape index (κ1) is 26.3. The molecule has 9 rings (SSSR count). The molecule has 0 aliphatic rings. The molecule has 8 aromatic carbocycles. The third-order valence-electron chi connectivity index (χ3n) is 9.17. The van der Waals surface area contributed by atoms with Gasteiger partial charge in [-0.1, -0.05) is 146 Å². The fourth-order valence-corrected chi connectivity index (χ4v) is 6.85. The first-order chi connectivity index (χ1) is 22.8. The second kappa shape index (κ2) is 10.8. The average molecular weight is 585 g/mol. The highest BCUT2D eigenvalue weighted by Crippen LogP contribution is 2.37. The Morgan fingerprint density at radius 1 is 0.283 bits per heavy atom. The van der Waals surface area contributed by atoms with Crippen LogP contribution in [0, 0.1) is 0 Å². The van der Waals surface area contributed by atoms with Crippen LogP contribution in [0.5, 0.6) is 0 Å². The standard InChI is InChI=1S/C44H28N2/c1-3-11-36-33(9-1)25-42(40-15-7-5-13-38(36)40)30-19-17-29(18-20-30)35-27-45-44(46-28-35)32-23-21-31(22-24-32)43-26-34-10-2-4-12-37(34)39-14-6-8-16-41(39)43/h1-28H. The van der Waals surface area contributed by atoms with Crippen molar-refractivity contribution < 1.29 is 0 Å². The van der Waals surface area contributed by atoms with E-state index >= 15 is 0 Å². The summed E-state index contributed by atoms with van der Waals surface area (Å²) in [5.41, 5.74) is 7.95. The Bertz CT molecular complexity index is 2370. The number of hydrogen-bond acceptors (Lipinski definition) is 2. The van der Waals surface area contributed by atoms with E-state index in [0.717, 1.165) is 22.5 Å². The van der Waals surface area contributed by atoms with Gasteiger partial charge in [0.15, 0.2) is 5.82 Å². The molecule has 0 N–H and O–H groups in total. The quantitative estimate of drug-likeness (QED) is 0.192. The van der Waals surface area contributed by atoms with E-state index in [9.17, 15) is 0 Å². The molecule has 0 aliphatic heterocycles. The molecule has 214 valence electrons. The van der Waals surface area contributed by atoms with Crippen LogP contribution in [0.2, 0.25) is 0 Å². The lowest BCUT2D eigenvalue weighted by Gasteiger charge is -2.12. The van der Waals surface area contributed by atoms with E-state index in [1.165, 1.54) is 65.3 Å². The van der Waals surface area contributed by atoms with Crippen molar-refractivity contribution in [3.8, 4) is 44.8 Å². The van der Waals surface area contributed by atoms with Crippen molar-refractivity contribution in [3.05, 3.63) is 170 Å². The van der Waals surface area contributed by atoms with Gasteiger partial charge in [-0.3, -0.25) is 0 Å². The van der Waals surface area contributed by atoms with E-state index in [1.54, 1.807) is 0 Å². The Morgan fingerprint density at radius 3 is 1.13 bits per heavy atom. The van der Waals surface area contributed by atoms with Gasteiger partial charge in [-0.15, -0.1) is 0 Å². The van der Waals surface area contributed by atoms with Gasteiger partial charge in [0.2, 0.25) is 0 Å². The molecule has 9 aromatic rings. The molecular weight excluding hydrogens is 556 g/mol. The average Bonchev–Trinajstić information content (AvgIpc) is 3.14. The van der Waals surface area contributed by atoms with Crippen molar-refractivity contribution in [2.75, 3.05) is 0 Å². The molecule has 1 aromatic heterocycles. The molecule has 0 aliphatic carbocycles. The first-order valence-electron chi connectivity index (χ1n) is 15.6. The maximum Gasteiger partial charge on any atom is 0.159 e. The monoisotopic (exact) mass is 584 g/mol. The van der Waals surface area contributed by atoms with Gasteiger partial charge in [0, 0.05) is 23.5 Å². The second-order valence-electron chi connectivity index (χ2n) is 11.8. The Morgan fingerprint density at radius 2 is 0.652 bits per heavy atom. The lowest BCUT2D eigenvalue weighted by Crippen LogP contribution is -1.91. The topological polar surface area (TPSA) is 25.8 Å². The van der Waals surface area contributed by atoms with Gasteiger partial charge < -0.3 is 0 Å². The van der Waals surface area contributed by atoms with Crippen molar-refractivity contribution in [2.45, 2.75) is 0 Å². The maximum absolute atomic E-state index is 4.76. The van der Waals surface area contributed by atoms with Crippen molar-refractivity contribution in [2.24, 2.45) is 0 Å². The highest BCUT2D eigenvalue weighted by molar-refractivity contribution is 6.14. The van der Waals surface area contributed by atoms with E-state index in [0.29, 0.717) is 0 Å². The van der Waals surface area contributed by atoms with Gasteiger partial charge >= 0.3 is 0 Å². The fraction of sp³-hybridized carbons (Fsp3) is 0. The van der Waals surface area contributed by atoms with Crippen LogP contribution < -0.4 is 0 Å². The highest BCUT2D eigenvalue weighted by atomic mass is 14.9. The van der Waals surface area contributed by atoms with Crippen LogP contribution in [0.3, 0.4) is 0 Å². The smallest absolute Gasteiger partial charge is 0.159 e. The summed E-state index contributed by atoms with van der Waals surface area (Å²) in [6.45, 7) is 0. The van der Waals surface area contributed by atoms with Crippen LogP contribution >= 0.6 is 0 Å². The molecule has 0 bridgehead atoms. The molecule has 0 spiro atoms. The molecule has 0 atom stereocenters. The minimum atomic E-state index is 0.720. The third-order valence-corrected chi connectivity index (χ3v) is 9.17. The SMILES string of the molecule is c1ccc2c(c1)cc(-c1ccc(-c3cnc(-c4ccc(-c5cc6ccccc6c6ccccc56)cc4)nc3)cc1)c1ccccc12. The summed E-state index contributed by atoms with van der Waals surface area (Å²) >= 11 is 0. The molecule has 0 radical (unpaired) electrons. The molecule has 0 unspecified atom stereocenters. The Hall–Kier alpha value is -6.12. The molecular formula is C44H28N2. The number of nitrogens with zero attached hydrogens (tertiary/aromatic N) is 2. The minimum Gasteiger partial charge on any atom is -0.236 e. The van der Waals surface area contributed by atoms with E-state index in [-0.39, 0.29) is 0 Å². The van der Waals surface area contributed by atoms with Crippen LogP contribution in [0.4, 0.5) is 0 Å². The van der Waals surface area contributed by atoms with Gasteiger partial charge in [-0.25, -0.2) is 9.97 Å². The third kappa shape index (κ3) is 4.43. The van der Waals surface area contributed by atoms with Crippen LogP contribution in [0.25, 0.3) is 87.9 Å². The molecule has 0 saturated carbocycles. The van der Waals surface area contributed by atoms with Gasteiger partial charge in [0.05, 0.1) is 0 Å². The molecule has 0 saturated heterocycles. The summed E-state index contributed by atoms with van der Waals surface area (Å²) in [6.07, 6.45) is 3.85. The lowest BCUT2D eigenvalue weighted by molar-refractivity contribution is 1.18. The lowest BCUT2D eigenvalue weighted by atomic mass is 9.92. The number of hydrogen-bond donors (Lipinski definition) is 0. The highest BCUT2D eigenvalue weighted by Gasteiger charge is 2.11. The van der Waals surface area contributed by atoms with Gasteiger partial charge in [0.1, 0.15) is 0 Å². The molecule has 0 amide bonds. The van der Waals surface area contributed by atoms with Crippen LogP contribution in [0.15, 0.2) is 170 Å². The predicted molar refractivity (Wildman–Crippen MR) is 194 cm³/mol. The van der Waals surface area contributed by atoms with E-state index in [2.05, 4.69) is 158 Å². The summed E-state index contributed by atoms with van der Waals surface area (Å²) in [4.78, 5) is 9.53. The Kier molecular flexibility index (Phi) is 6.17. The largest absolute Gasteiger partial charge is 0.236 e. The van der Waals surface area contributed by atoms with E-state index in [4.69, 9.17) is 9.97 Å². The second-order valence-corrected chi connectivity index (χ2v) is 11.8. The zero-order valence-corrected chi connectivity index (χ0v) is 25.1. The normalized spacial score (nSPS) is 11.5. The number of fused-ring (bicyclic) bond motifs is 6. The zero-order valence-electron chi connectivity index (χ0n) is 25.1. The van der Waals surface area contributed by atoms with E-state index < -0.39 is 0 Å². The number of rotatable bonds is 4. The Balaban J connectivity index is 1.01. The van der Waals surface area contributed by atoms with Gasteiger partial charge in [-0.05, 0) is 83.0 Å². The molecule has 0 fully saturated rings. The maximum atomic E-state index is 4.76. The summed E-state index contributed by atoms with van der Waals surface area (Å²) < 4.78 is 0. The van der Waals surface area contributed by atoms with Crippen molar-refractivity contribution in [1.82, 2.24) is 9.97 Å². The van der Waals surface area contributed by atoms with Crippen molar-refractivity contribution in [3.63, 3.8) is 0 Å².